The van der Waals surface area contributed by atoms with Crippen LogP contribution in [0.2, 0.25) is 0 Å². The van der Waals surface area contributed by atoms with Gasteiger partial charge in [-0.3, -0.25) is 9.59 Å². The molecule has 0 spiro atoms. The number of allylic oxidation sites excluding steroid dienone is 6. The largest absolute Gasteiger partial charge is 0.481 e. The van der Waals surface area contributed by atoms with E-state index in [0.717, 1.165) is 44.9 Å². The van der Waals surface area contributed by atoms with E-state index in [2.05, 4.69) is 38.2 Å². The zero-order valence-corrected chi connectivity index (χ0v) is 22.6. The summed E-state index contributed by atoms with van der Waals surface area (Å²) in [6.07, 6.45) is 34.4. The number of aliphatic carboxylic acids is 1. The number of carbonyl (C=O) groups excluding carboxylic acids is 1. The van der Waals surface area contributed by atoms with Crippen molar-refractivity contribution in [3.05, 3.63) is 48.6 Å². The Balaban J connectivity index is 4.14. The van der Waals surface area contributed by atoms with Gasteiger partial charge in [-0.05, 0) is 76.4 Å². The monoisotopic (exact) mass is 488 g/mol. The maximum Gasteiger partial charge on any atom is 0.306 e. The number of unbranched alkanes of at least 4 members (excludes halogenated alkanes) is 11. The molecule has 1 N–H and O–H groups in total. The summed E-state index contributed by atoms with van der Waals surface area (Å²) in [4.78, 5) is 22.9. The van der Waals surface area contributed by atoms with Gasteiger partial charge in [0.15, 0.2) is 0 Å². The molecule has 1 unspecified atom stereocenters. The first-order valence-corrected chi connectivity index (χ1v) is 14.1. The summed E-state index contributed by atoms with van der Waals surface area (Å²) >= 11 is 0. The van der Waals surface area contributed by atoms with Crippen LogP contribution in [0.1, 0.15) is 129 Å². The van der Waals surface area contributed by atoms with E-state index in [-0.39, 0.29) is 18.5 Å². The van der Waals surface area contributed by atoms with E-state index in [0.29, 0.717) is 12.8 Å². The molecule has 4 heteroatoms. The molecule has 0 aromatic heterocycles. The van der Waals surface area contributed by atoms with Crippen molar-refractivity contribution in [2.45, 2.75) is 136 Å². The molecule has 0 aliphatic rings. The molecule has 0 aliphatic carbocycles. The molecule has 0 saturated heterocycles. The van der Waals surface area contributed by atoms with Gasteiger partial charge in [0.2, 0.25) is 0 Å². The summed E-state index contributed by atoms with van der Waals surface area (Å²) in [7, 11) is 0. The molecule has 0 radical (unpaired) electrons. The quantitative estimate of drug-likeness (QED) is 0.0835. The molecule has 0 aromatic carbocycles. The summed E-state index contributed by atoms with van der Waals surface area (Å²) in [5.41, 5.74) is 0. The Morgan fingerprint density at radius 3 is 1.91 bits per heavy atom. The summed E-state index contributed by atoms with van der Waals surface area (Å²) in [6.45, 7) is 4.34. The number of rotatable bonds is 24. The van der Waals surface area contributed by atoms with E-state index in [9.17, 15) is 9.59 Å². The van der Waals surface area contributed by atoms with Gasteiger partial charge in [-0.2, -0.15) is 0 Å². The zero-order valence-electron chi connectivity index (χ0n) is 22.6. The van der Waals surface area contributed by atoms with Crippen molar-refractivity contribution in [2.75, 3.05) is 0 Å². The molecule has 0 fully saturated rings. The highest BCUT2D eigenvalue weighted by atomic mass is 16.5. The number of esters is 1. The number of carboxylic acid groups (broad SMARTS) is 1. The summed E-state index contributed by atoms with van der Waals surface area (Å²) < 4.78 is 5.69. The van der Waals surface area contributed by atoms with Crippen LogP contribution in [-0.4, -0.2) is 23.1 Å². The summed E-state index contributed by atoms with van der Waals surface area (Å²) in [5, 5.41) is 8.70. The molecule has 0 bridgehead atoms. The Hall–Kier alpha value is -2.10. The second-order valence-electron chi connectivity index (χ2n) is 9.19. The van der Waals surface area contributed by atoms with Crippen LogP contribution in [0.5, 0.6) is 0 Å². The van der Waals surface area contributed by atoms with Gasteiger partial charge >= 0.3 is 11.9 Å². The first kappa shape index (κ1) is 32.9. The van der Waals surface area contributed by atoms with Gasteiger partial charge in [0.1, 0.15) is 6.10 Å². The smallest absolute Gasteiger partial charge is 0.306 e. The molecular weight excluding hydrogens is 436 g/mol. The molecule has 0 aromatic rings. The lowest BCUT2D eigenvalue weighted by Crippen LogP contribution is -2.13. The van der Waals surface area contributed by atoms with Crippen LogP contribution in [0.4, 0.5) is 0 Å². The molecule has 4 nitrogen and oxygen atoms in total. The topological polar surface area (TPSA) is 63.6 Å². The van der Waals surface area contributed by atoms with E-state index in [1.807, 2.05) is 24.3 Å². The molecule has 35 heavy (non-hydrogen) atoms. The average Bonchev–Trinajstić information content (AvgIpc) is 2.83. The first-order chi connectivity index (χ1) is 17.1. The number of hydrogen-bond donors (Lipinski definition) is 1. The molecular formula is C31H52O4. The Morgan fingerprint density at radius 2 is 1.23 bits per heavy atom. The number of carboxylic acids is 1. The lowest BCUT2D eigenvalue weighted by molar-refractivity contribution is -0.145. The summed E-state index contributed by atoms with van der Waals surface area (Å²) in [5.74, 6) is -0.870. The highest BCUT2D eigenvalue weighted by Crippen LogP contribution is 2.11. The van der Waals surface area contributed by atoms with Gasteiger partial charge in [-0.1, -0.05) is 88.8 Å². The highest BCUT2D eigenvalue weighted by molar-refractivity contribution is 5.69. The number of carbonyl (C=O) groups is 2. The van der Waals surface area contributed by atoms with Crippen LogP contribution in [0, 0.1) is 0 Å². The van der Waals surface area contributed by atoms with E-state index >= 15 is 0 Å². The fourth-order valence-electron chi connectivity index (χ4n) is 3.66. The predicted octanol–water partition coefficient (Wildman–Crippen LogP) is 9.27. The minimum Gasteiger partial charge on any atom is -0.481 e. The van der Waals surface area contributed by atoms with Crippen molar-refractivity contribution in [2.24, 2.45) is 0 Å². The van der Waals surface area contributed by atoms with Crippen molar-refractivity contribution in [1.29, 1.82) is 0 Å². The average molecular weight is 489 g/mol. The van der Waals surface area contributed by atoms with Gasteiger partial charge < -0.3 is 9.84 Å². The zero-order chi connectivity index (χ0) is 25.8. The fraction of sp³-hybridized carbons (Fsp3) is 0.677. The lowest BCUT2D eigenvalue weighted by Gasteiger charge is -2.11. The minimum absolute atomic E-state index is 0.134. The Labute approximate surface area is 215 Å². The van der Waals surface area contributed by atoms with Gasteiger partial charge in [-0.15, -0.1) is 0 Å². The van der Waals surface area contributed by atoms with Crippen molar-refractivity contribution in [1.82, 2.24) is 0 Å². The van der Waals surface area contributed by atoms with Gasteiger partial charge in [0.25, 0.3) is 0 Å². The normalized spacial score (nSPS) is 13.0. The van der Waals surface area contributed by atoms with Crippen LogP contribution in [0.3, 0.4) is 0 Å². The molecule has 0 heterocycles. The van der Waals surface area contributed by atoms with Gasteiger partial charge in [0.05, 0.1) is 0 Å². The van der Waals surface area contributed by atoms with Crippen LogP contribution in [-0.2, 0) is 14.3 Å². The number of hydrogen-bond acceptors (Lipinski definition) is 3. The predicted molar refractivity (Wildman–Crippen MR) is 149 cm³/mol. The standard InChI is InChI=1S/C31H52O4/c1-3-5-7-9-10-11-12-13-14-15-20-24-28-31(34)35-29(25-21-17-8-6-4-2)26-22-18-16-19-23-27-30(32)33/h6,8,10-11,21-22,25-26,29H,3-5,7,9,12-20,23-24,27-28H2,1-2H3,(H,32,33)/b8-6-,11-10-,25-21-,26-22-. The molecule has 0 amide bonds. The van der Waals surface area contributed by atoms with E-state index in [1.54, 1.807) is 0 Å². The third-order valence-corrected chi connectivity index (χ3v) is 5.75. The Kier molecular flexibility index (Phi) is 24.9. The maximum atomic E-state index is 12.3. The molecule has 0 aliphatic heterocycles. The second kappa shape index (κ2) is 26.5. The van der Waals surface area contributed by atoms with E-state index in [4.69, 9.17) is 9.84 Å². The van der Waals surface area contributed by atoms with Crippen molar-refractivity contribution < 1.29 is 19.4 Å². The Morgan fingerprint density at radius 1 is 0.657 bits per heavy atom. The van der Waals surface area contributed by atoms with E-state index < -0.39 is 5.97 Å². The first-order valence-electron chi connectivity index (χ1n) is 14.1. The Bertz CT molecular complexity index is 615. The van der Waals surface area contributed by atoms with Crippen LogP contribution >= 0.6 is 0 Å². The third-order valence-electron chi connectivity index (χ3n) is 5.75. The van der Waals surface area contributed by atoms with Crippen molar-refractivity contribution in [3.8, 4) is 0 Å². The fourth-order valence-corrected chi connectivity index (χ4v) is 3.66. The molecule has 0 rings (SSSR count). The minimum atomic E-state index is -0.736. The molecule has 200 valence electrons. The summed E-state index contributed by atoms with van der Waals surface area (Å²) in [6, 6.07) is 0. The van der Waals surface area contributed by atoms with Crippen LogP contribution in [0.15, 0.2) is 48.6 Å². The van der Waals surface area contributed by atoms with Crippen molar-refractivity contribution >= 4 is 11.9 Å². The second-order valence-corrected chi connectivity index (χ2v) is 9.19. The van der Waals surface area contributed by atoms with Crippen LogP contribution in [0.25, 0.3) is 0 Å². The number of ether oxygens (including phenoxy) is 1. The van der Waals surface area contributed by atoms with E-state index in [1.165, 1.54) is 51.4 Å². The maximum absolute atomic E-state index is 12.3. The highest BCUT2D eigenvalue weighted by Gasteiger charge is 2.08. The molecule has 1 atom stereocenters. The van der Waals surface area contributed by atoms with Gasteiger partial charge in [0, 0.05) is 12.8 Å². The lowest BCUT2D eigenvalue weighted by atomic mass is 10.1. The SMILES string of the molecule is CC/C=C\C/C=C\C(/C=C\CCCCCC(=O)O)OC(=O)CCCCCCC/C=C\CCCCC. The van der Waals surface area contributed by atoms with Gasteiger partial charge in [-0.25, -0.2) is 0 Å². The van der Waals surface area contributed by atoms with Crippen molar-refractivity contribution in [3.63, 3.8) is 0 Å². The molecule has 0 saturated carbocycles. The van der Waals surface area contributed by atoms with Crippen LogP contribution < -0.4 is 0 Å². The third kappa shape index (κ3) is 26.3.